The predicted molar refractivity (Wildman–Crippen MR) is 108 cm³/mol. The van der Waals surface area contributed by atoms with Crippen LogP contribution in [0.15, 0.2) is 11.6 Å². The Bertz CT molecular complexity index is 502. The van der Waals surface area contributed by atoms with Gasteiger partial charge in [-0.25, -0.2) is 0 Å². The molecule has 0 heterocycles. The summed E-state index contributed by atoms with van der Waals surface area (Å²) >= 11 is 0. The summed E-state index contributed by atoms with van der Waals surface area (Å²) in [5.41, 5.74) is 2.44. The monoisotopic (exact) mass is 342 g/mol. The van der Waals surface area contributed by atoms with Gasteiger partial charge in [-0.3, -0.25) is 0 Å². The molecular formula is C25H42. The molecule has 0 N–H and O–H groups in total. The second-order valence-electron chi connectivity index (χ2n) is 10.6. The molecule has 25 heavy (non-hydrogen) atoms. The summed E-state index contributed by atoms with van der Waals surface area (Å²) in [5, 5.41) is 0. The van der Waals surface area contributed by atoms with Crippen molar-refractivity contribution in [1.29, 1.82) is 0 Å². The molecule has 4 saturated carbocycles. The maximum Gasteiger partial charge on any atom is -0.0175 e. The normalized spacial score (nSPS) is 50.6. The molecule has 0 heteroatoms. The van der Waals surface area contributed by atoms with Gasteiger partial charge in [-0.1, -0.05) is 44.8 Å². The van der Waals surface area contributed by atoms with Gasteiger partial charge in [-0.15, -0.1) is 0 Å². The fourth-order valence-electron chi connectivity index (χ4n) is 8.58. The molecular weight excluding hydrogens is 300 g/mol. The van der Waals surface area contributed by atoms with Crippen molar-refractivity contribution in [3.63, 3.8) is 0 Å². The van der Waals surface area contributed by atoms with Crippen LogP contribution in [0.1, 0.15) is 98.3 Å². The summed E-state index contributed by atoms with van der Waals surface area (Å²) in [5.74, 6) is 7.27. The third kappa shape index (κ3) is 2.94. The van der Waals surface area contributed by atoms with Crippen LogP contribution in [0.3, 0.4) is 0 Å². The van der Waals surface area contributed by atoms with E-state index in [9.17, 15) is 0 Å². The predicted octanol–water partition coefficient (Wildman–Crippen LogP) is 7.64. The third-order valence-electron chi connectivity index (χ3n) is 9.80. The van der Waals surface area contributed by atoms with Crippen LogP contribution in [0.2, 0.25) is 0 Å². The lowest BCUT2D eigenvalue weighted by molar-refractivity contribution is -0.105. The number of rotatable bonds is 2. The number of hydrogen-bond donors (Lipinski definition) is 0. The fourth-order valence-corrected chi connectivity index (χ4v) is 8.58. The van der Waals surface area contributed by atoms with E-state index in [1.807, 2.05) is 0 Å². The second-order valence-corrected chi connectivity index (χ2v) is 10.6. The highest BCUT2D eigenvalue weighted by molar-refractivity contribution is 5.10. The van der Waals surface area contributed by atoms with E-state index in [0.29, 0.717) is 0 Å². The lowest BCUT2D eigenvalue weighted by atomic mass is 9.44. The molecule has 8 atom stereocenters. The average molecular weight is 343 g/mol. The molecule has 4 aliphatic carbocycles. The molecule has 0 spiro atoms. The smallest absolute Gasteiger partial charge is 0.0175 e. The molecule has 0 nitrogen and oxygen atoms in total. The van der Waals surface area contributed by atoms with E-state index >= 15 is 0 Å². The molecule has 0 aliphatic heterocycles. The molecule has 0 radical (unpaired) electrons. The molecule has 0 aromatic carbocycles. The van der Waals surface area contributed by atoms with E-state index in [1.165, 1.54) is 25.7 Å². The van der Waals surface area contributed by atoms with Gasteiger partial charge in [0.15, 0.2) is 0 Å². The Hall–Kier alpha value is -0.260. The van der Waals surface area contributed by atoms with Crippen LogP contribution < -0.4 is 0 Å². The van der Waals surface area contributed by atoms with Crippen LogP contribution in [0.5, 0.6) is 0 Å². The van der Waals surface area contributed by atoms with Crippen molar-refractivity contribution in [2.75, 3.05) is 0 Å². The van der Waals surface area contributed by atoms with Crippen molar-refractivity contribution in [2.45, 2.75) is 98.3 Å². The SMILES string of the molecule is CC=C(C)C1CCC[C@H]2[C@@H]3CCC4(CC)CC(C)CC[C@@H]4[C@H]3CC[C@H]12. The molecule has 0 amide bonds. The van der Waals surface area contributed by atoms with E-state index < -0.39 is 0 Å². The van der Waals surface area contributed by atoms with Crippen LogP contribution in [0, 0.1) is 46.8 Å². The number of allylic oxidation sites excluding steroid dienone is 2. The molecule has 0 aromatic rings. The van der Waals surface area contributed by atoms with Crippen molar-refractivity contribution < 1.29 is 0 Å². The molecule has 142 valence electrons. The van der Waals surface area contributed by atoms with Gasteiger partial charge in [0.05, 0.1) is 0 Å². The maximum absolute atomic E-state index is 2.53. The highest BCUT2D eigenvalue weighted by Gasteiger charge is 2.54. The first kappa shape index (κ1) is 18.1. The Morgan fingerprint density at radius 1 is 0.920 bits per heavy atom. The lowest BCUT2D eigenvalue weighted by Gasteiger charge is -2.60. The third-order valence-corrected chi connectivity index (χ3v) is 9.80. The summed E-state index contributed by atoms with van der Waals surface area (Å²) in [6.07, 6.45) is 19.3. The standard InChI is InChI=1S/C25H42/c1-5-18(4)19-8-7-9-20-21(19)11-12-23-22(20)14-15-25(6-2)16-17(3)10-13-24(23)25/h5,17,19-24H,6-16H2,1-4H3/t17?,19?,20-,21-,22+,23+,24-,25?/m1/s1. The van der Waals surface area contributed by atoms with Gasteiger partial charge < -0.3 is 0 Å². The molecule has 4 fully saturated rings. The minimum Gasteiger partial charge on any atom is -0.0884 e. The van der Waals surface area contributed by atoms with Crippen molar-refractivity contribution in [2.24, 2.45) is 46.8 Å². The zero-order valence-corrected chi connectivity index (χ0v) is 17.4. The van der Waals surface area contributed by atoms with E-state index in [0.717, 1.165) is 46.8 Å². The molecule has 0 aromatic heterocycles. The van der Waals surface area contributed by atoms with Crippen LogP contribution in [-0.4, -0.2) is 0 Å². The van der Waals surface area contributed by atoms with E-state index in [4.69, 9.17) is 0 Å². The van der Waals surface area contributed by atoms with Gasteiger partial charge in [0, 0.05) is 0 Å². The van der Waals surface area contributed by atoms with Gasteiger partial charge in [0.2, 0.25) is 0 Å². The zero-order valence-electron chi connectivity index (χ0n) is 17.4. The van der Waals surface area contributed by atoms with Crippen molar-refractivity contribution in [3.05, 3.63) is 11.6 Å². The van der Waals surface area contributed by atoms with Gasteiger partial charge in [0.1, 0.15) is 0 Å². The van der Waals surface area contributed by atoms with Crippen molar-refractivity contribution >= 4 is 0 Å². The summed E-state index contributed by atoms with van der Waals surface area (Å²) < 4.78 is 0. The minimum atomic E-state index is 0.735. The maximum atomic E-state index is 2.53. The van der Waals surface area contributed by atoms with Crippen LogP contribution in [0.4, 0.5) is 0 Å². The first-order chi connectivity index (χ1) is 12.1. The first-order valence-electron chi connectivity index (χ1n) is 11.7. The highest BCUT2D eigenvalue weighted by Crippen LogP contribution is 2.64. The molecule has 0 saturated heterocycles. The van der Waals surface area contributed by atoms with Crippen molar-refractivity contribution in [3.8, 4) is 0 Å². The topological polar surface area (TPSA) is 0 Å². The summed E-state index contributed by atoms with van der Waals surface area (Å²) in [6.45, 7) is 9.74. The van der Waals surface area contributed by atoms with Crippen LogP contribution >= 0.6 is 0 Å². The fraction of sp³-hybridized carbons (Fsp3) is 0.920. The van der Waals surface area contributed by atoms with E-state index in [1.54, 1.807) is 50.5 Å². The van der Waals surface area contributed by atoms with Crippen molar-refractivity contribution in [1.82, 2.24) is 0 Å². The van der Waals surface area contributed by atoms with E-state index in [-0.39, 0.29) is 0 Å². The molecule has 3 unspecified atom stereocenters. The van der Waals surface area contributed by atoms with Gasteiger partial charge >= 0.3 is 0 Å². The van der Waals surface area contributed by atoms with Crippen LogP contribution in [0.25, 0.3) is 0 Å². The Labute approximate surface area is 157 Å². The largest absolute Gasteiger partial charge is 0.0884 e. The quantitative estimate of drug-likeness (QED) is 0.452. The Kier molecular flexibility index (Phi) is 5.11. The first-order valence-corrected chi connectivity index (χ1v) is 11.7. The second kappa shape index (κ2) is 7.05. The van der Waals surface area contributed by atoms with Gasteiger partial charge in [0.25, 0.3) is 0 Å². The lowest BCUT2D eigenvalue weighted by Crippen LogP contribution is -2.52. The summed E-state index contributed by atoms with van der Waals surface area (Å²) in [4.78, 5) is 0. The van der Waals surface area contributed by atoms with Gasteiger partial charge in [-0.2, -0.15) is 0 Å². The van der Waals surface area contributed by atoms with Gasteiger partial charge in [-0.05, 0) is 112 Å². The number of hydrogen-bond acceptors (Lipinski definition) is 0. The molecule has 0 bridgehead atoms. The minimum absolute atomic E-state index is 0.735. The average Bonchev–Trinajstić information content (AvgIpc) is 2.65. The Morgan fingerprint density at radius 2 is 1.68 bits per heavy atom. The zero-order chi connectivity index (χ0) is 17.6. The summed E-state index contributed by atoms with van der Waals surface area (Å²) in [7, 11) is 0. The van der Waals surface area contributed by atoms with E-state index in [2.05, 4.69) is 33.8 Å². The number of fused-ring (bicyclic) bond motifs is 5. The Balaban J connectivity index is 1.57. The molecule has 4 rings (SSSR count). The Morgan fingerprint density at radius 3 is 2.44 bits per heavy atom. The van der Waals surface area contributed by atoms with Crippen LogP contribution in [-0.2, 0) is 0 Å². The highest BCUT2D eigenvalue weighted by atomic mass is 14.6. The summed E-state index contributed by atoms with van der Waals surface area (Å²) in [6, 6.07) is 0. The molecule has 4 aliphatic rings.